The lowest BCUT2D eigenvalue weighted by atomic mass is 9.98. The average molecular weight is 541 g/mol. The number of fused-ring (bicyclic) bond motifs is 1. The Hall–Kier alpha value is -4.57. The van der Waals surface area contributed by atoms with Crippen LogP contribution < -0.4 is 15.8 Å². The number of carbonyl (C=O) groups excluding carboxylic acids is 2. The minimum atomic E-state index is -0.645. The van der Waals surface area contributed by atoms with Crippen LogP contribution in [0.2, 0.25) is 0 Å². The van der Waals surface area contributed by atoms with Gasteiger partial charge in [-0.05, 0) is 78.1 Å². The van der Waals surface area contributed by atoms with E-state index in [0.29, 0.717) is 46.7 Å². The summed E-state index contributed by atoms with van der Waals surface area (Å²) in [6, 6.07) is 16.6. The van der Waals surface area contributed by atoms with Gasteiger partial charge in [0.1, 0.15) is 29.5 Å². The molecule has 6 nitrogen and oxygen atoms in total. The van der Waals surface area contributed by atoms with Crippen molar-refractivity contribution in [3.63, 3.8) is 0 Å². The number of hydrogen-bond acceptors (Lipinski definition) is 4. The fourth-order valence-corrected chi connectivity index (χ4v) is 4.30. The predicted octanol–water partition coefficient (Wildman–Crippen LogP) is 6.50. The first kappa shape index (κ1) is 28.4. The zero-order valence-electron chi connectivity index (χ0n) is 23.0. The van der Waals surface area contributed by atoms with Crippen molar-refractivity contribution in [2.75, 3.05) is 13.2 Å². The van der Waals surface area contributed by atoms with Crippen LogP contribution in [0, 0.1) is 23.6 Å². The molecule has 4 aromatic rings. The number of furan rings is 1. The van der Waals surface area contributed by atoms with E-state index in [1.165, 1.54) is 12.1 Å². The zero-order valence-corrected chi connectivity index (χ0v) is 23.0. The molecule has 206 valence electrons. The van der Waals surface area contributed by atoms with Crippen molar-refractivity contribution >= 4 is 22.8 Å². The molecule has 0 atom stereocenters. The van der Waals surface area contributed by atoms with Crippen molar-refractivity contribution in [3.05, 3.63) is 88.7 Å². The molecule has 0 saturated carbocycles. The maximum atomic E-state index is 13.5. The second kappa shape index (κ2) is 13.0. The highest BCUT2D eigenvalue weighted by atomic mass is 19.1. The number of primary amides is 1. The Bertz CT molecular complexity index is 1580. The van der Waals surface area contributed by atoms with E-state index in [4.69, 9.17) is 14.9 Å². The van der Waals surface area contributed by atoms with Gasteiger partial charge in [-0.25, -0.2) is 4.39 Å². The number of amides is 2. The summed E-state index contributed by atoms with van der Waals surface area (Å²) in [6.45, 7) is 6.95. The molecule has 0 spiro atoms. The number of carbonyl (C=O) groups is 2. The summed E-state index contributed by atoms with van der Waals surface area (Å²) < 4.78 is 25.4. The van der Waals surface area contributed by atoms with Gasteiger partial charge in [0.15, 0.2) is 0 Å². The van der Waals surface area contributed by atoms with Crippen LogP contribution in [0.15, 0.2) is 65.1 Å². The molecule has 4 rings (SSSR count). The maximum Gasteiger partial charge on any atom is 0.253 e. The van der Waals surface area contributed by atoms with Crippen LogP contribution in [0.5, 0.6) is 5.75 Å². The summed E-state index contributed by atoms with van der Waals surface area (Å²) in [5.41, 5.74) is 9.22. The first-order valence-electron chi connectivity index (χ1n) is 13.4. The molecule has 40 heavy (non-hydrogen) atoms. The number of benzene rings is 3. The Balaban J connectivity index is 1.70. The molecule has 3 N–H and O–H groups in total. The van der Waals surface area contributed by atoms with Crippen LogP contribution in [0.4, 0.5) is 4.39 Å². The third kappa shape index (κ3) is 6.89. The molecule has 0 bridgehead atoms. The SMILES string of the molecule is CCCC#CCOc1ccc(C(=O)NCC(C)C)cc1Cc1ccc2oc(-c3ccc(F)cc3)c(C(N)=O)c2c1. The Kier molecular flexibility index (Phi) is 9.23. The summed E-state index contributed by atoms with van der Waals surface area (Å²) in [7, 11) is 0. The largest absolute Gasteiger partial charge is 0.481 e. The Labute approximate surface area is 233 Å². The summed E-state index contributed by atoms with van der Waals surface area (Å²) in [6.07, 6.45) is 2.21. The van der Waals surface area contributed by atoms with Gasteiger partial charge in [0.25, 0.3) is 11.8 Å². The molecule has 3 aromatic carbocycles. The standard InChI is InChI=1S/C33H33FN2O4/c1-4-5-6-7-16-39-28-15-11-24(33(38)36-20-21(2)3)19-25(28)17-22-8-14-29-27(18-22)30(32(35)37)31(40-29)23-9-12-26(34)13-10-23/h8-15,18-19,21H,4-5,16-17,20H2,1-3H3,(H2,35,37)(H,36,38). The maximum absolute atomic E-state index is 13.5. The summed E-state index contributed by atoms with van der Waals surface area (Å²) >= 11 is 0. The van der Waals surface area contributed by atoms with E-state index >= 15 is 0 Å². The zero-order chi connectivity index (χ0) is 28.6. The van der Waals surface area contributed by atoms with E-state index in [2.05, 4.69) is 24.1 Å². The second-order valence-electron chi connectivity index (χ2n) is 10.0. The molecular formula is C33H33FN2O4. The topological polar surface area (TPSA) is 94.6 Å². The molecule has 0 aliphatic carbocycles. The van der Waals surface area contributed by atoms with Crippen LogP contribution in [-0.2, 0) is 6.42 Å². The quantitative estimate of drug-likeness (QED) is 0.225. The number of ether oxygens (including phenoxy) is 1. The molecular weight excluding hydrogens is 507 g/mol. The van der Waals surface area contributed by atoms with E-state index in [-0.39, 0.29) is 23.8 Å². The minimum Gasteiger partial charge on any atom is -0.481 e. The lowest BCUT2D eigenvalue weighted by Gasteiger charge is -2.13. The van der Waals surface area contributed by atoms with Crippen LogP contribution in [0.1, 0.15) is 65.5 Å². The molecule has 0 unspecified atom stereocenters. The van der Waals surface area contributed by atoms with Gasteiger partial charge in [0, 0.05) is 35.9 Å². The van der Waals surface area contributed by atoms with Crippen molar-refractivity contribution in [2.24, 2.45) is 11.7 Å². The van der Waals surface area contributed by atoms with E-state index < -0.39 is 11.7 Å². The van der Waals surface area contributed by atoms with E-state index in [1.807, 2.05) is 32.0 Å². The van der Waals surface area contributed by atoms with Gasteiger partial charge in [0.05, 0.1) is 5.56 Å². The Morgan fingerprint density at radius 1 is 1.05 bits per heavy atom. The summed E-state index contributed by atoms with van der Waals surface area (Å²) in [4.78, 5) is 25.3. The number of nitrogens with one attached hydrogen (secondary N) is 1. The van der Waals surface area contributed by atoms with E-state index in [1.54, 1.807) is 30.3 Å². The van der Waals surface area contributed by atoms with Crippen LogP contribution in [-0.4, -0.2) is 25.0 Å². The highest BCUT2D eigenvalue weighted by Crippen LogP contribution is 2.35. The molecule has 7 heteroatoms. The normalized spacial score (nSPS) is 10.8. The fraction of sp³-hybridized carbons (Fsp3) is 0.273. The van der Waals surface area contributed by atoms with Gasteiger partial charge in [-0.2, -0.15) is 0 Å². The molecule has 0 aliphatic heterocycles. The number of rotatable bonds is 10. The number of hydrogen-bond donors (Lipinski definition) is 2. The van der Waals surface area contributed by atoms with Crippen molar-refractivity contribution in [1.82, 2.24) is 5.32 Å². The molecule has 0 radical (unpaired) electrons. The molecule has 1 aromatic heterocycles. The number of unbranched alkanes of at least 4 members (excludes halogenated alkanes) is 1. The fourth-order valence-electron chi connectivity index (χ4n) is 4.30. The first-order valence-corrected chi connectivity index (χ1v) is 13.4. The Morgan fingerprint density at radius 3 is 2.52 bits per heavy atom. The van der Waals surface area contributed by atoms with Gasteiger partial charge in [-0.15, -0.1) is 0 Å². The lowest BCUT2D eigenvalue weighted by molar-refractivity contribution is 0.0947. The number of halogens is 1. The van der Waals surface area contributed by atoms with Crippen molar-refractivity contribution in [1.29, 1.82) is 0 Å². The van der Waals surface area contributed by atoms with Crippen LogP contribution in [0.3, 0.4) is 0 Å². The van der Waals surface area contributed by atoms with Crippen LogP contribution >= 0.6 is 0 Å². The summed E-state index contributed by atoms with van der Waals surface area (Å²) in [5.74, 6) is 6.15. The lowest BCUT2D eigenvalue weighted by Crippen LogP contribution is -2.27. The highest BCUT2D eigenvalue weighted by Gasteiger charge is 2.21. The van der Waals surface area contributed by atoms with Gasteiger partial charge >= 0.3 is 0 Å². The van der Waals surface area contributed by atoms with E-state index in [0.717, 1.165) is 24.0 Å². The van der Waals surface area contributed by atoms with Gasteiger partial charge in [0.2, 0.25) is 0 Å². The van der Waals surface area contributed by atoms with Crippen molar-refractivity contribution in [3.8, 4) is 28.9 Å². The minimum absolute atomic E-state index is 0.158. The van der Waals surface area contributed by atoms with Crippen molar-refractivity contribution in [2.45, 2.75) is 40.0 Å². The molecule has 0 saturated heterocycles. The van der Waals surface area contributed by atoms with Crippen molar-refractivity contribution < 1.29 is 23.1 Å². The molecule has 2 amide bonds. The first-order chi connectivity index (χ1) is 19.3. The van der Waals surface area contributed by atoms with Gasteiger partial charge < -0.3 is 20.2 Å². The van der Waals surface area contributed by atoms with Crippen LogP contribution in [0.25, 0.3) is 22.3 Å². The van der Waals surface area contributed by atoms with E-state index in [9.17, 15) is 14.0 Å². The molecule has 1 heterocycles. The van der Waals surface area contributed by atoms with Gasteiger partial charge in [-0.3, -0.25) is 9.59 Å². The van der Waals surface area contributed by atoms with Gasteiger partial charge in [-0.1, -0.05) is 38.7 Å². The third-order valence-corrected chi connectivity index (χ3v) is 6.29. The summed E-state index contributed by atoms with van der Waals surface area (Å²) in [5, 5.41) is 3.51. The molecule has 0 aliphatic rings. The monoisotopic (exact) mass is 540 g/mol. The number of nitrogens with two attached hydrogens (primary N) is 1. The second-order valence-corrected chi connectivity index (χ2v) is 10.0. The molecule has 0 fully saturated rings. The average Bonchev–Trinajstić information content (AvgIpc) is 3.31. The predicted molar refractivity (Wildman–Crippen MR) is 155 cm³/mol. The highest BCUT2D eigenvalue weighted by molar-refractivity contribution is 6.10. The smallest absolute Gasteiger partial charge is 0.253 e. The third-order valence-electron chi connectivity index (χ3n) is 6.29. The Morgan fingerprint density at radius 2 is 1.82 bits per heavy atom.